The Kier molecular flexibility index (Phi) is 2.75. The minimum absolute atomic E-state index is 0.252. The molecule has 2 aromatic carbocycles. The number of hydrogen-bond acceptors (Lipinski definition) is 3. The predicted octanol–water partition coefficient (Wildman–Crippen LogP) is 2.96. The maximum atomic E-state index is 11.6. The maximum absolute atomic E-state index is 11.6. The van der Waals surface area contributed by atoms with Gasteiger partial charge in [0.2, 0.25) is 0 Å². The van der Waals surface area contributed by atoms with Gasteiger partial charge in [-0.25, -0.2) is 4.79 Å². The molecule has 1 aliphatic rings. The van der Waals surface area contributed by atoms with Gasteiger partial charge in [0.15, 0.2) is 0 Å². The Bertz CT molecular complexity index is 698. The summed E-state index contributed by atoms with van der Waals surface area (Å²) in [6.45, 7) is 0. The zero-order chi connectivity index (χ0) is 13.4. The second-order valence-corrected chi connectivity index (χ2v) is 4.56. The number of ether oxygens (including phenoxy) is 2. The Hall–Kier alpha value is -2.29. The summed E-state index contributed by atoms with van der Waals surface area (Å²) in [6, 6.07) is 10.1. The number of hydrogen-bond donors (Lipinski definition) is 0. The van der Waals surface area contributed by atoms with Crippen LogP contribution in [0.2, 0.25) is 0 Å². The van der Waals surface area contributed by atoms with Crippen molar-refractivity contribution in [2.75, 3.05) is 14.2 Å². The lowest BCUT2D eigenvalue weighted by molar-refractivity contribution is -0.136. The Labute approximate surface area is 111 Å². The van der Waals surface area contributed by atoms with Gasteiger partial charge in [-0.1, -0.05) is 18.2 Å². The summed E-state index contributed by atoms with van der Waals surface area (Å²) in [5.41, 5.74) is 2.99. The van der Waals surface area contributed by atoms with E-state index in [1.807, 2.05) is 36.4 Å². The van der Waals surface area contributed by atoms with Gasteiger partial charge in [-0.3, -0.25) is 0 Å². The Morgan fingerprint density at radius 2 is 2.00 bits per heavy atom. The summed E-state index contributed by atoms with van der Waals surface area (Å²) in [4.78, 5) is 11.6. The summed E-state index contributed by atoms with van der Waals surface area (Å²) >= 11 is 0. The van der Waals surface area contributed by atoms with Crippen molar-refractivity contribution in [3.05, 3.63) is 47.0 Å². The molecule has 0 spiro atoms. The van der Waals surface area contributed by atoms with Crippen LogP contribution in [0.5, 0.6) is 5.75 Å². The van der Waals surface area contributed by atoms with Crippen LogP contribution in [0.3, 0.4) is 0 Å². The fraction of sp³-hybridized carbons (Fsp3) is 0.188. The molecule has 0 saturated heterocycles. The predicted molar refractivity (Wildman–Crippen MR) is 74.2 cm³/mol. The van der Waals surface area contributed by atoms with Crippen molar-refractivity contribution in [1.82, 2.24) is 0 Å². The Morgan fingerprint density at radius 3 is 2.74 bits per heavy atom. The smallest absolute Gasteiger partial charge is 0.334 e. The normalized spacial score (nSPS) is 13.1. The molecule has 0 aliphatic heterocycles. The van der Waals surface area contributed by atoms with Crippen molar-refractivity contribution < 1.29 is 14.3 Å². The lowest BCUT2D eigenvalue weighted by Crippen LogP contribution is -2.04. The zero-order valence-electron chi connectivity index (χ0n) is 10.9. The van der Waals surface area contributed by atoms with Crippen molar-refractivity contribution in [3.63, 3.8) is 0 Å². The molecule has 1 aliphatic carbocycles. The highest BCUT2D eigenvalue weighted by Gasteiger charge is 2.20. The molecule has 0 aromatic heterocycles. The average Bonchev–Trinajstić information content (AvgIpc) is 2.90. The van der Waals surface area contributed by atoms with Crippen molar-refractivity contribution in [3.8, 4) is 5.75 Å². The van der Waals surface area contributed by atoms with Gasteiger partial charge in [-0.05, 0) is 40.1 Å². The van der Waals surface area contributed by atoms with Gasteiger partial charge in [0.1, 0.15) is 5.75 Å². The van der Waals surface area contributed by atoms with E-state index < -0.39 is 0 Å². The number of methoxy groups -OCH3 is 2. The summed E-state index contributed by atoms with van der Waals surface area (Å²) < 4.78 is 10.0. The quantitative estimate of drug-likeness (QED) is 0.773. The van der Waals surface area contributed by atoms with Crippen molar-refractivity contribution >= 4 is 22.8 Å². The first-order chi connectivity index (χ1) is 9.22. The summed E-state index contributed by atoms with van der Waals surface area (Å²) in [6.07, 6.45) is 2.54. The lowest BCUT2D eigenvalue weighted by Gasteiger charge is -2.07. The number of esters is 1. The van der Waals surface area contributed by atoms with Crippen LogP contribution in [0.25, 0.3) is 16.8 Å². The number of carbonyl (C=O) groups is 1. The third kappa shape index (κ3) is 1.87. The van der Waals surface area contributed by atoms with Crippen LogP contribution >= 0.6 is 0 Å². The van der Waals surface area contributed by atoms with E-state index in [9.17, 15) is 4.79 Å². The number of rotatable bonds is 2. The van der Waals surface area contributed by atoms with E-state index in [0.717, 1.165) is 22.1 Å². The minimum atomic E-state index is -0.252. The summed E-state index contributed by atoms with van der Waals surface area (Å²) in [5.74, 6) is 0.587. The Balaban J connectivity index is 2.09. The van der Waals surface area contributed by atoms with Crippen LogP contribution in [0.1, 0.15) is 11.1 Å². The Morgan fingerprint density at radius 1 is 1.16 bits per heavy atom. The van der Waals surface area contributed by atoms with E-state index in [2.05, 4.69) is 0 Å². The van der Waals surface area contributed by atoms with Crippen LogP contribution in [-0.2, 0) is 16.0 Å². The van der Waals surface area contributed by atoms with E-state index in [4.69, 9.17) is 9.47 Å². The van der Waals surface area contributed by atoms with Crippen molar-refractivity contribution in [2.24, 2.45) is 0 Å². The molecule has 0 heterocycles. The van der Waals surface area contributed by atoms with Gasteiger partial charge in [-0.15, -0.1) is 0 Å². The van der Waals surface area contributed by atoms with Gasteiger partial charge in [-0.2, -0.15) is 0 Å². The molecule has 3 nitrogen and oxygen atoms in total. The molecule has 0 radical (unpaired) electrons. The highest BCUT2D eigenvalue weighted by molar-refractivity contribution is 6.00. The largest absolute Gasteiger partial charge is 0.497 e. The second kappa shape index (κ2) is 4.43. The lowest BCUT2D eigenvalue weighted by atomic mass is 10.00. The molecule has 3 rings (SSSR count). The first-order valence-electron chi connectivity index (χ1n) is 6.11. The van der Waals surface area contributed by atoms with Crippen molar-refractivity contribution in [1.29, 1.82) is 0 Å². The molecule has 19 heavy (non-hydrogen) atoms. The van der Waals surface area contributed by atoms with Gasteiger partial charge in [0.05, 0.1) is 14.2 Å². The van der Waals surface area contributed by atoms with Crippen molar-refractivity contribution in [2.45, 2.75) is 6.42 Å². The molecule has 96 valence electrons. The molecular formula is C16H14O3. The molecule has 0 fully saturated rings. The second-order valence-electron chi connectivity index (χ2n) is 4.56. The molecule has 0 atom stereocenters. The third-order valence-corrected chi connectivity index (χ3v) is 3.52. The van der Waals surface area contributed by atoms with Crippen LogP contribution < -0.4 is 4.74 Å². The molecule has 2 aromatic rings. The minimum Gasteiger partial charge on any atom is -0.497 e. The maximum Gasteiger partial charge on any atom is 0.334 e. The van der Waals surface area contributed by atoms with E-state index in [1.54, 1.807) is 7.11 Å². The van der Waals surface area contributed by atoms with Crippen LogP contribution in [-0.4, -0.2) is 20.2 Å². The molecule has 0 bridgehead atoms. The number of carbonyl (C=O) groups excluding carboxylic acids is 1. The van der Waals surface area contributed by atoms with E-state index in [1.165, 1.54) is 12.7 Å². The van der Waals surface area contributed by atoms with Crippen LogP contribution in [0.15, 0.2) is 35.9 Å². The van der Waals surface area contributed by atoms with Gasteiger partial charge < -0.3 is 9.47 Å². The zero-order valence-corrected chi connectivity index (χ0v) is 10.9. The van der Waals surface area contributed by atoms with Gasteiger partial charge >= 0.3 is 5.97 Å². The highest BCUT2D eigenvalue weighted by Crippen LogP contribution is 2.33. The number of benzene rings is 2. The van der Waals surface area contributed by atoms with Gasteiger partial charge in [0, 0.05) is 12.0 Å². The fourth-order valence-corrected chi connectivity index (χ4v) is 2.54. The number of fused-ring (bicyclic) bond motifs is 3. The molecule has 0 unspecified atom stereocenters. The van der Waals surface area contributed by atoms with E-state index in [0.29, 0.717) is 12.0 Å². The fourth-order valence-electron chi connectivity index (χ4n) is 2.54. The van der Waals surface area contributed by atoms with Gasteiger partial charge in [0.25, 0.3) is 0 Å². The monoisotopic (exact) mass is 254 g/mol. The summed E-state index contributed by atoms with van der Waals surface area (Å²) in [7, 11) is 3.07. The average molecular weight is 254 g/mol. The first kappa shape index (κ1) is 11.8. The standard InChI is InChI=1S/C16H14O3/c1-18-13-5-6-14-11(8-13)4-3-10-7-12(9-15(10)14)16(17)19-2/h3-8H,9H2,1-2H3. The van der Waals surface area contributed by atoms with E-state index >= 15 is 0 Å². The molecule has 0 N–H and O–H groups in total. The molecular weight excluding hydrogens is 240 g/mol. The molecule has 0 amide bonds. The highest BCUT2D eigenvalue weighted by atomic mass is 16.5. The van der Waals surface area contributed by atoms with Crippen LogP contribution in [0.4, 0.5) is 0 Å². The first-order valence-corrected chi connectivity index (χ1v) is 6.11. The SMILES string of the molecule is COC(=O)C1=Cc2ccc3cc(OC)ccc3c2C1. The topological polar surface area (TPSA) is 35.5 Å². The van der Waals surface area contributed by atoms with Crippen LogP contribution in [0, 0.1) is 0 Å². The van der Waals surface area contributed by atoms with E-state index in [-0.39, 0.29) is 5.97 Å². The third-order valence-electron chi connectivity index (χ3n) is 3.52. The molecule has 0 saturated carbocycles. The summed E-state index contributed by atoms with van der Waals surface area (Å²) in [5, 5.41) is 2.28. The molecule has 3 heteroatoms.